The lowest BCUT2D eigenvalue weighted by atomic mass is 10.1. The summed E-state index contributed by atoms with van der Waals surface area (Å²) in [7, 11) is -3.16. The van der Waals surface area contributed by atoms with Gasteiger partial charge in [-0.3, -0.25) is 10.2 Å². The van der Waals surface area contributed by atoms with E-state index in [0.29, 0.717) is 13.0 Å². The summed E-state index contributed by atoms with van der Waals surface area (Å²) in [5.41, 5.74) is 2.02. The van der Waals surface area contributed by atoms with Gasteiger partial charge in [-0.1, -0.05) is 0 Å². The van der Waals surface area contributed by atoms with E-state index in [2.05, 4.69) is 0 Å². The second-order valence-corrected chi connectivity index (χ2v) is 5.10. The summed E-state index contributed by atoms with van der Waals surface area (Å²) < 4.78 is 23.4. The first-order valence-electron chi connectivity index (χ1n) is 3.90. The molecule has 6 nitrogen and oxygen atoms in total. The molecule has 0 aromatic carbocycles. The zero-order chi connectivity index (χ0) is 10.1. The Morgan fingerprint density at radius 2 is 2.23 bits per heavy atom. The maximum atomic E-state index is 11.1. The van der Waals surface area contributed by atoms with Crippen LogP contribution < -0.4 is 11.3 Å². The van der Waals surface area contributed by atoms with Gasteiger partial charge in [-0.15, -0.1) is 0 Å². The van der Waals surface area contributed by atoms with Crippen LogP contribution in [-0.2, 0) is 14.8 Å². The van der Waals surface area contributed by atoms with E-state index in [1.165, 1.54) is 4.31 Å². The third kappa shape index (κ3) is 2.39. The Hall–Kier alpha value is -0.660. The molecule has 0 bridgehead atoms. The fourth-order valence-electron chi connectivity index (χ4n) is 1.36. The van der Waals surface area contributed by atoms with Gasteiger partial charge in [0.2, 0.25) is 15.9 Å². The molecule has 0 aromatic heterocycles. The Kier molecular flexibility index (Phi) is 2.89. The van der Waals surface area contributed by atoms with Crippen LogP contribution >= 0.6 is 0 Å². The van der Waals surface area contributed by atoms with Crippen LogP contribution in [0.1, 0.15) is 6.42 Å². The van der Waals surface area contributed by atoms with Crippen molar-refractivity contribution in [2.24, 2.45) is 11.8 Å². The number of hydrazine groups is 1. The molecular formula is C6H13N3O3S. The lowest BCUT2D eigenvalue weighted by molar-refractivity contribution is -0.124. The topological polar surface area (TPSA) is 92.5 Å². The molecule has 1 atom stereocenters. The molecule has 0 saturated carbocycles. The summed E-state index contributed by atoms with van der Waals surface area (Å²) in [4.78, 5) is 11.0. The van der Waals surface area contributed by atoms with Crippen LogP contribution in [0.5, 0.6) is 0 Å². The standard InChI is InChI=1S/C6H13N3O3S/c1-13(11,12)9-3-2-5(4-9)6(10)8-7/h5H,2-4,7H2,1H3,(H,8,10). The number of carbonyl (C=O) groups excluding carboxylic acids is 1. The number of amides is 1. The minimum Gasteiger partial charge on any atom is -0.294 e. The molecule has 1 aliphatic heterocycles. The lowest BCUT2D eigenvalue weighted by Crippen LogP contribution is -2.37. The highest BCUT2D eigenvalue weighted by Crippen LogP contribution is 2.18. The van der Waals surface area contributed by atoms with E-state index in [0.717, 1.165) is 6.26 Å². The molecule has 0 spiro atoms. The normalized spacial score (nSPS) is 24.6. The smallest absolute Gasteiger partial charge is 0.238 e. The van der Waals surface area contributed by atoms with Crippen molar-refractivity contribution in [1.29, 1.82) is 0 Å². The van der Waals surface area contributed by atoms with Crippen molar-refractivity contribution < 1.29 is 13.2 Å². The van der Waals surface area contributed by atoms with Crippen LogP contribution in [0.25, 0.3) is 0 Å². The zero-order valence-corrected chi connectivity index (χ0v) is 8.17. The molecular weight excluding hydrogens is 194 g/mol. The Balaban J connectivity index is 2.60. The van der Waals surface area contributed by atoms with Crippen molar-refractivity contribution >= 4 is 15.9 Å². The Labute approximate surface area is 77.1 Å². The minimum absolute atomic E-state index is 0.238. The molecule has 1 rings (SSSR count). The van der Waals surface area contributed by atoms with Gasteiger partial charge in [0.15, 0.2) is 0 Å². The average Bonchev–Trinajstić information content (AvgIpc) is 2.50. The molecule has 0 aromatic rings. The number of carbonyl (C=O) groups is 1. The molecule has 1 saturated heterocycles. The van der Waals surface area contributed by atoms with Gasteiger partial charge in [0.05, 0.1) is 12.2 Å². The van der Waals surface area contributed by atoms with Crippen molar-refractivity contribution in [3.05, 3.63) is 0 Å². The van der Waals surface area contributed by atoms with Crippen LogP contribution in [0.15, 0.2) is 0 Å². The largest absolute Gasteiger partial charge is 0.294 e. The monoisotopic (exact) mass is 207 g/mol. The zero-order valence-electron chi connectivity index (χ0n) is 7.36. The molecule has 1 unspecified atom stereocenters. The lowest BCUT2D eigenvalue weighted by Gasteiger charge is -2.12. The van der Waals surface area contributed by atoms with Gasteiger partial charge >= 0.3 is 0 Å². The van der Waals surface area contributed by atoms with Crippen molar-refractivity contribution in [3.8, 4) is 0 Å². The van der Waals surface area contributed by atoms with Gasteiger partial charge in [0.25, 0.3) is 0 Å². The van der Waals surface area contributed by atoms with Gasteiger partial charge in [0, 0.05) is 13.1 Å². The van der Waals surface area contributed by atoms with Crippen LogP contribution in [-0.4, -0.2) is 38.0 Å². The highest BCUT2D eigenvalue weighted by Gasteiger charge is 2.32. The van der Waals surface area contributed by atoms with Gasteiger partial charge in [-0.2, -0.15) is 0 Å². The molecule has 3 N–H and O–H groups in total. The number of nitrogens with one attached hydrogen (secondary N) is 1. The van der Waals surface area contributed by atoms with E-state index in [1.807, 2.05) is 5.43 Å². The maximum absolute atomic E-state index is 11.1. The third-order valence-corrected chi connectivity index (χ3v) is 3.40. The summed E-state index contributed by atoms with van der Waals surface area (Å²) in [6.45, 7) is 0.638. The fourth-order valence-corrected chi connectivity index (χ4v) is 2.25. The van der Waals surface area contributed by atoms with Crippen molar-refractivity contribution in [3.63, 3.8) is 0 Å². The van der Waals surface area contributed by atoms with Crippen LogP contribution in [0.4, 0.5) is 0 Å². The first-order valence-corrected chi connectivity index (χ1v) is 5.75. The summed E-state index contributed by atoms with van der Waals surface area (Å²) in [6.07, 6.45) is 1.67. The molecule has 1 heterocycles. The van der Waals surface area contributed by atoms with E-state index < -0.39 is 10.0 Å². The van der Waals surface area contributed by atoms with Crippen molar-refractivity contribution in [1.82, 2.24) is 9.73 Å². The third-order valence-electron chi connectivity index (χ3n) is 2.13. The quantitative estimate of drug-likeness (QED) is 0.319. The summed E-state index contributed by atoms with van der Waals surface area (Å²) in [6, 6.07) is 0. The highest BCUT2D eigenvalue weighted by atomic mass is 32.2. The molecule has 0 radical (unpaired) electrons. The van der Waals surface area contributed by atoms with Crippen LogP contribution in [0.3, 0.4) is 0 Å². The predicted octanol–water partition coefficient (Wildman–Crippen LogP) is -1.74. The van der Waals surface area contributed by atoms with E-state index in [-0.39, 0.29) is 18.4 Å². The van der Waals surface area contributed by atoms with E-state index in [4.69, 9.17) is 5.84 Å². The van der Waals surface area contributed by atoms with Gasteiger partial charge < -0.3 is 0 Å². The van der Waals surface area contributed by atoms with Crippen molar-refractivity contribution in [2.75, 3.05) is 19.3 Å². The van der Waals surface area contributed by atoms with E-state index in [1.54, 1.807) is 0 Å². The van der Waals surface area contributed by atoms with E-state index in [9.17, 15) is 13.2 Å². The molecule has 7 heteroatoms. The minimum atomic E-state index is -3.16. The van der Waals surface area contributed by atoms with Gasteiger partial charge in [-0.05, 0) is 6.42 Å². The predicted molar refractivity (Wildman–Crippen MR) is 46.9 cm³/mol. The number of hydrogen-bond acceptors (Lipinski definition) is 4. The van der Waals surface area contributed by atoms with Crippen LogP contribution in [0.2, 0.25) is 0 Å². The average molecular weight is 207 g/mol. The molecule has 1 fully saturated rings. The Morgan fingerprint density at radius 3 is 2.62 bits per heavy atom. The van der Waals surface area contributed by atoms with Gasteiger partial charge in [0.1, 0.15) is 0 Å². The summed E-state index contributed by atoms with van der Waals surface area (Å²) >= 11 is 0. The first-order chi connectivity index (χ1) is 5.95. The molecule has 76 valence electrons. The highest BCUT2D eigenvalue weighted by molar-refractivity contribution is 7.88. The summed E-state index contributed by atoms with van der Waals surface area (Å²) in [5, 5.41) is 0. The molecule has 1 aliphatic rings. The van der Waals surface area contributed by atoms with Crippen LogP contribution in [0, 0.1) is 5.92 Å². The fraction of sp³-hybridized carbons (Fsp3) is 0.833. The second kappa shape index (κ2) is 3.60. The van der Waals surface area contributed by atoms with E-state index >= 15 is 0 Å². The Morgan fingerprint density at radius 1 is 1.62 bits per heavy atom. The molecule has 0 aliphatic carbocycles. The number of nitrogens with zero attached hydrogens (tertiary/aromatic N) is 1. The SMILES string of the molecule is CS(=O)(=O)N1CCC(C(=O)NN)C1. The molecule has 13 heavy (non-hydrogen) atoms. The first kappa shape index (κ1) is 10.4. The maximum Gasteiger partial charge on any atom is 0.238 e. The number of hydrogen-bond donors (Lipinski definition) is 2. The van der Waals surface area contributed by atoms with Gasteiger partial charge in [-0.25, -0.2) is 18.6 Å². The number of nitrogens with two attached hydrogens (primary N) is 1. The molecule has 1 amide bonds. The number of sulfonamides is 1. The number of rotatable bonds is 2. The second-order valence-electron chi connectivity index (χ2n) is 3.12. The Bertz CT molecular complexity index is 300. The van der Waals surface area contributed by atoms with Crippen molar-refractivity contribution in [2.45, 2.75) is 6.42 Å². The summed E-state index contributed by atoms with van der Waals surface area (Å²) in [5.74, 6) is 4.33.